The Morgan fingerprint density at radius 2 is 1.82 bits per heavy atom. The fourth-order valence-corrected chi connectivity index (χ4v) is 4.83. The van der Waals surface area contributed by atoms with Gasteiger partial charge in [-0.3, -0.25) is 4.79 Å². The summed E-state index contributed by atoms with van der Waals surface area (Å²) in [7, 11) is 0. The molecule has 3 aromatic rings. The molecule has 7 nitrogen and oxygen atoms in total. The monoisotopic (exact) mass is 533 g/mol. The normalized spacial score (nSPS) is 20.2. The first-order valence-electron chi connectivity index (χ1n) is 12.4. The van der Waals surface area contributed by atoms with Gasteiger partial charge in [0.15, 0.2) is 11.6 Å². The largest absolute Gasteiger partial charge is 0.487 e. The molecular formula is C27H31F4N5O2. The minimum atomic E-state index is -4.82. The average molecular weight is 534 g/mol. The van der Waals surface area contributed by atoms with E-state index in [9.17, 15) is 22.4 Å². The van der Waals surface area contributed by atoms with Gasteiger partial charge in [0.25, 0.3) is 0 Å². The topological polar surface area (TPSA) is 95.1 Å². The lowest BCUT2D eigenvalue weighted by Gasteiger charge is -2.37. The number of hydrogen-bond donors (Lipinski definition) is 2. The third kappa shape index (κ3) is 5.92. The fourth-order valence-electron chi connectivity index (χ4n) is 4.83. The number of halogens is 4. The molecule has 1 aliphatic rings. The van der Waals surface area contributed by atoms with Gasteiger partial charge in [0.2, 0.25) is 5.91 Å². The van der Waals surface area contributed by atoms with Gasteiger partial charge in [-0.1, -0.05) is 12.1 Å². The Kier molecular flexibility index (Phi) is 7.40. The van der Waals surface area contributed by atoms with Crippen molar-refractivity contribution in [1.82, 2.24) is 14.8 Å². The zero-order valence-corrected chi connectivity index (χ0v) is 21.5. The van der Waals surface area contributed by atoms with E-state index in [1.807, 2.05) is 49.7 Å². The molecule has 11 heteroatoms. The lowest BCUT2D eigenvalue weighted by molar-refractivity contribution is -0.140. The molecule has 1 amide bonds. The van der Waals surface area contributed by atoms with E-state index in [0.29, 0.717) is 49.7 Å². The molecule has 0 radical (unpaired) electrons. The number of nitrogens with one attached hydrogen (secondary N) is 1. The van der Waals surface area contributed by atoms with Crippen molar-refractivity contribution in [3.05, 3.63) is 65.7 Å². The molecule has 4 rings (SSSR count). The number of pyridine rings is 1. The summed E-state index contributed by atoms with van der Waals surface area (Å²) in [5, 5.41) is 7.64. The van der Waals surface area contributed by atoms with Gasteiger partial charge < -0.3 is 15.8 Å². The molecule has 0 unspecified atom stereocenters. The van der Waals surface area contributed by atoms with Gasteiger partial charge in [0, 0.05) is 18.2 Å². The number of amides is 1. The highest BCUT2D eigenvalue weighted by atomic mass is 19.4. The SMILES string of the molecule is CC(C)(C)n1nccc1Nc1cccc(CC2(C(N)=O)CCC(Oc3cccc(C(F)(F)F)c3F)CC2)n1. The summed E-state index contributed by atoms with van der Waals surface area (Å²) < 4.78 is 61.0. The molecule has 1 aliphatic carbocycles. The van der Waals surface area contributed by atoms with Crippen molar-refractivity contribution in [2.24, 2.45) is 11.1 Å². The van der Waals surface area contributed by atoms with E-state index in [1.165, 1.54) is 6.07 Å². The second-order valence-corrected chi connectivity index (χ2v) is 10.7. The van der Waals surface area contributed by atoms with Crippen LogP contribution in [0, 0.1) is 11.2 Å². The van der Waals surface area contributed by atoms with Gasteiger partial charge in [-0.05, 0) is 70.7 Å². The van der Waals surface area contributed by atoms with Gasteiger partial charge in [0.05, 0.1) is 28.8 Å². The van der Waals surface area contributed by atoms with E-state index < -0.39 is 40.7 Å². The van der Waals surface area contributed by atoms with Crippen LogP contribution in [0.25, 0.3) is 0 Å². The second-order valence-electron chi connectivity index (χ2n) is 10.7. The van der Waals surface area contributed by atoms with Crippen molar-refractivity contribution in [2.75, 3.05) is 5.32 Å². The molecular weight excluding hydrogens is 502 g/mol. The van der Waals surface area contributed by atoms with Gasteiger partial charge in [0.1, 0.15) is 11.6 Å². The van der Waals surface area contributed by atoms with Crippen molar-refractivity contribution in [3.8, 4) is 5.75 Å². The minimum absolute atomic E-state index is 0.239. The Labute approximate surface area is 218 Å². The van der Waals surface area contributed by atoms with Crippen molar-refractivity contribution >= 4 is 17.5 Å². The molecule has 1 aromatic carbocycles. The van der Waals surface area contributed by atoms with Crippen molar-refractivity contribution in [2.45, 2.75) is 70.7 Å². The summed E-state index contributed by atoms with van der Waals surface area (Å²) in [5.74, 6) is -1.01. The van der Waals surface area contributed by atoms with Crippen LogP contribution in [0.3, 0.4) is 0 Å². The van der Waals surface area contributed by atoms with E-state index >= 15 is 0 Å². The number of aromatic nitrogens is 3. The molecule has 1 fully saturated rings. The molecule has 0 spiro atoms. The highest BCUT2D eigenvalue weighted by Crippen LogP contribution is 2.41. The van der Waals surface area contributed by atoms with Crippen LogP contribution in [-0.2, 0) is 22.9 Å². The van der Waals surface area contributed by atoms with Gasteiger partial charge in [-0.2, -0.15) is 18.3 Å². The Hall–Kier alpha value is -3.63. The van der Waals surface area contributed by atoms with Crippen LogP contribution in [0.5, 0.6) is 5.75 Å². The van der Waals surface area contributed by atoms with Crippen LogP contribution in [0.15, 0.2) is 48.7 Å². The number of rotatable bonds is 7. The zero-order chi connectivity index (χ0) is 27.7. The summed E-state index contributed by atoms with van der Waals surface area (Å²) >= 11 is 0. The first-order chi connectivity index (χ1) is 17.8. The number of anilines is 2. The number of carbonyl (C=O) groups excluding carboxylic acids is 1. The van der Waals surface area contributed by atoms with Crippen molar-refractivity contribution in [1.29, 1.82) is 0 Å². The molecule has 0 bridgehead atoms. The Morgan fingerprint density at radius 1 is 1.13 bits per heavy atom. The number of primary amides is 1. The Balaban J connectivity index is 1.45. The molecule has 2 aromatic heterocycles. The number of nitrogens with two attached hydrogens (primary N) is 1. The first-order valence-corrected chi connectivity index (χ1v) is 12.4. The quantitative estimate of drug-likeness (QED) is 0.365. The summed E-state index contributed by atoms with van der Waals surface area (Å²) in [6, 6.07) is 10.3. The Morgan fingerprint density at radius 3 is 2.45 bits per heavy atom. The van der Waals surface area contributed by atoms with E-state index in [4.69, 9.17) is 10.5 Å². The summed E-state index contributed by atoms with van der Waals surface area (Å²) in [5.41, 5.74) is 3.99. The maximum atomic E-state index is 14.4. The van der Waals surface area contributed by atoms with Crippen LogP contribution >= 0.6 is 0 Å². The maximum absolute atomic E-state index is 14.4. The van der Waals surface area contributed by atoms with Crippen LogP contribution in [0.1, 0.15) is 57.7 Å². The lowest BCUT2D eigenvalue weighted by atomic mass is 9.69. The highest BCUT2D eigenvalue weighted by Gasteiger charge is 2.42. The zero-order valence-electron chi connectivity index (χ0n) is 21.5. The van der Waals surface area contributed by atoms with Crippen LogP contribution in [0.2, 0.25) is 0 Å². The molecule has 204 valence electrons. The predicted octanol–water partition coefficient (Wildman–Crippen LogP) is 5.97. The van der Waals surface area contributed by atoms with Crippen LogP contribution in [0.4, 0.5) is 29.2 Å². The molecule has 2 heterocycles. The van der Waals surface area contributed by atoms with E-state index in [1.54, 1.807) is 6.20 Å². The number of alkyl halides is 3. The fraction of sp³-hybridized carbons (Fsp3) is 0.444. The summed E-state index contributed by atoms with van der Waals surface area (Å²) in [6.07, 6.45) is -2.03. The number of hydrogen-bond acceptors (Lipinski definition) is 5. The highest BCUT2D eigenvalue weighted by molar-refractivity contribution is 5.81. The van der Waals surface area contributed by atoms with Gasteiger partial charge >= 0.3 is 6.18 Å². The average Bonchev–Trinajstić information content (AvgIpc) is 3.30. The first kappa shape index (κ1) is 27.4. The van der Waals surface area contributed by atoms with Crippen LogP contribution < -0.4 is 15.8 Å². The van der Waals surface area contributed by atoms with Gasteiger partial charge in [-0.15, -0.1) is 0 Å². The maximum Gasteiger partial charge on any atom is 0.419 e. The van der Waals surface area contributed by atoms with Gasteiger partial charge in [-0.25, -0.2) is 14.1 Å². The van der Waals surface area contributed by atoms with Crippen LogP contribution in [-0.4, -0.2) is 26.8 Å². The lowest BCUT2D eigenvalue weighted by Crippen LogP contribution is -2.44. The third-order valence-electron chi connectivity index (χ3n) is 6.84. The standard InChI is InChI=1S/C27H31F4N5O2/c1-25(2,3)36-22(12-15-33-36)35-21-9-4-6-17(34-21)16-26(24(32)37)13-10-18(11-14-26)38-20-8-5-7-19(23(20)28)27(29,30)31/h4-9,12,15,18H,10-11,13-14,16H2,1-3H3,(H2,32,37)(H,34,35). The summed E-state index contributed by atoms with van der Waals surface area (Å²) in [4.78, 5) is 17.3. The Bertz CT molecular complexity index is 1290. The summed E-state index contributed by atoms with van der Waals surface area (Å²) in [6.45, 7) is 6.10. The van der Waals surface area contributed by atoms with E-state index in [2.05, 4.69) is 15.4 Å². The van der Waals surface area contributed by atoms with E-state index in [-0.39, 0.29) is 5.54 Å². The van der Waals surface area contributed by atoms with E-state index in [0.717, 1.165) is 11.9 Å². The molecule has 1 saturated carbocycles. The van der Waals surface area contributed by atoms with Crippen molar-refractivity contribution in [3.63, 3.8) is 0 Å². The molecule has 0 atom stereocenters. The number of ether oxygens (including phenoxy) is 1. The molecule has 0 aliphatic heterocycles. The second kappa shape index (κ2) is 10.3. The number of benzene rings is 1. The minimum Gasteiger partial charge on any atom is -0.487 e. The number of nitrogens with zero attached hydrogens (tertiary/aromatic N) is 3. The number of carbonyl (C=O) groups is 1. The van der Waals surface area contributed by atoms with Crippen molar-refractivity contribution < 1.29 is 27.1 Å². The molecule has 3 N–H and O–H groups in total. The molecule has 0 saturated heterocycles. The predicted molar refractivity (Wildman–Crippen MR) is 134 cm³/mol. The third-order valence-corrected chi connectivity index (χ3v) is 6.84. The smallest absolute Gasteiger partial charge is 0.419 e. The molecule has 38 heavy (non-hydrogen) atoms.